The van der Waals surface area contributed by atoms with Crippen molar-refractivity contribution < 1.29 is 10.1 Å². The van der Waals surface area contributed by atoms with Crippen LogP contribution in [0.15, 0.2) is 17.4 Å². The van der Waals surface area contributed by atoms with Crippen molar-refractivity contribution in [2.45, 2.75) is 20.3 Å². The van der Waals surface area contributed by atoms with Gasteiger partial charge in [-0.3, -0.25) is 10.1 Å². The number of pyridine rings is 1. The second kappa shape index (κ2) is 6.69. The van der Waals surface area contributed by atoms with Gasteiger partial charge in [0.2, 0.25) is 5.82 Å². The van der Waals surface area contributed by atoms with Crippen LogP contribution in [0.4, 0.5) is 11.5 Å². The number of hydrogen-bond donors (Lipinski definition) is 2. The molecule has 0 aromatic carbocycles. The van der Waals surface area contributed by atoms with E-state index in [1.165, 1.54) is 12.3 Å². The Labute approximate surface area is 117 Å². The highest BCUT2D eigenvalue weighted by atomic mass is 16.6. The minimum Gasteiger partial charge on any atom is -0.409 e. The molecule has 0 spiro atoms. The molecule has 1 heterocycles. The molecule has 1 unspecified atom stereocenters. The maximum atomic E-state index is 11.1. The summed E-state index contributed by atoms with van der Waals surface area (Å²) >= 11 is 0. The molecule has 1 aromatic heterocycles. The van der Waals surface area contributed by atoms with Crippen LogP contribution in [0.3, 0.4) is 0 Å². The van der Waals surface area contributed by atoms with Crippen LogP contribution in [0.2, 0.25) is 0 Å². The summed E-state index contributed by atoms with van der Waals surface area (Å²) in [6.07, 6.45) is 2.32. The minimum absolute atomic E-state index is 0.167. The van der Waals surface area contributed by atoms with Gasteiger partial charge in [-0.15, -0.1) is 0 Å². The number of aromatic nitrogens is 1. The van der Waals surface area contributed by atoms with Crippen LogP contribution in [0.25, 0.3) is 0 Å². The fraction of sp³-hybridized carbons (Fsp3) is 0.500. The first-order valence-corrected chi connectivity index (χ1v) is 6.24. The number of anilines is 1. The third-order valence-corrected chi connectivity index (χ3v) is 3.09. The van der Waals surface area contributed by atoms with Crippen LogP contribution in [0.1, 0.15) is 25.8 Å². The Bertz CT molecular complexity index is 518. The van der Waals surface area contributed by atoms with Gasteiger partial charge in [0.15, 0.2) is 5.84 Å². The minimum atomic E-state index is -0.524. The Balaban J connectivity index is 3.17. The lowest BCUT2D eigenvalue weighted by Crippen LogP contribution is -2.26. The molecule has 0 amide bonds. The zero-order valence-electron chi connectivity index (χ0n) is 11.8. The van der Waals surface area contributed by atoms with E-state index in [9.17, 15) is 10.1 Å². The summed E-state index contributed by atoms with van der Waals surface area (Å²) in [4.78, 5) is 16.4. The zero-order valence-corrected chi connectivity index (χ0v) is 11.8. The molecule has 0 fully saturated rings. The van der Waals surface area contributed by atoms with Gasteiger partial charge >= 0.3 is 5.69 Å². The second-order valence-corrected chi connectivity index (χ2v) is 4.70. The van der Waals surface area contributed by atoms with E-state index in [-0.39, 0.29) is 22.9 Å². The third kappa shape index (κ3) is 3.56. The van der Waals surface area contributed by atoms with Gasteiger partial charge in [-0.1, -0.05) is 25.4 Å². The Morgan fingerprint density at radius 3 is 2.85 bits per heavy atom. The lowest BCUT2D eigenvalue weighted by atomic mass is 10.1. The van der Waals surface area contributed by atoms with Crippen molar-refractivity contribution in [1.29, 1.82) is 0 Å². The normalized spacial score (nSPS) is 13.1. The average Bonchev–Trinajstić information content (AvgIpc) is 2.45. The number of rotatable bonds is 6. The number of nitro groups is 1. The average molecular weight is 281 g/mol. The van der Waals surface area contributed by atoms with Crippen LogP contribution < -0.4 is 10.6 Å². The molecule has 0 bridgehead atoms. The molecule has 0 aliphatic rings. The Kier molecular flexibility index (Phi) is 5.24. The SMILES string of the molecule is CCC(C)CN(C)c1ncc(C(N)=NO)cc1[N+](=O)[O-]. The monoisotopic (exact) mass is 281 g/mol. The summed E-state index contributed by atoms with van der Waals surface area (Å²) in [7, 11) is 1.75. The molecular weight excluding hydrogens is 262 g/mol. The summed E-state index contributed by atoms with van der Waals surface area (Å²) in [5.74, 6) is 0.451. The fourth-order valence-corrected chi connectivity index (χ4v) is 1.76. The molecule has 0 aliphatic heterocycles. The molecule has 0 aliphatic carbocycles. The fourth-order valence-electron chi connectivity index (χ4n) is 1.76. The molecule has 1 atom stereocenters. The van der Waals surface area contributed by atoms with Crippen molar-refractivity contribution in [2.75, 3.05) is 18.5 Å². The summed E-state index contributed by atoms with van der Waals surface area (Å²) in [5.41, 5.74) is 5.46. The van der Waals surface area contributed by atoms with Crippen LogP contribution in [0.5, 0.6) is 0 Å². The molecule has 8 nitrogen and oxygen atoms in total. The van der Waals surface area contributed by atoms with E-state index in [4.69, 9.17) is 10.9 Å². The summed E-state index contributed by atoms with van der Waals surface area (Å²) in [6, 6.07) is 1.25. The molecule has 20 heavy (non-hydrogen) atoms. The van der Waals surface area contributed by atoms with E-state index in [0.717, 1.165) is 6.42 Å². The molecule has 0 saturated heterocycles. The molecule has 0 saturated carbocycles. The molecule has 8 heteroatoms. The van der Waals surface area contributed by atoms with Crippen molar-refractivity contribution >= 4 is 17.3 Å². The van der Waals surface area contributed by atoms with E-state index in [1.54, 1.807) is 11.9 Å². The predicted molar refractivity (Wildman–Crippen MR) is 76.1 cm³/mol. The van der Waals surface area contributed by atoms with Gasteiger partial charge in [0, 0.05) is 31.4 Å². The topological polar surface area (TPSA) is 118 Å². The lowest BCUT2D eigenvalue weighted by molar-refractivity contribution is -0.384. The van der Waals surface area contributed by atoms with Gasteiger partial charge in [-0.05, 0) is 5.92 Å². The molecule has 110 valence electrons. The number of nitrogens with two attached hydrogens (primary N) is 1. The second-order valence-electron chi connectivity index (χ2n) is 4.70. The number of oxime groups is 1. The highest BCUT2D eigenvalue weighted by Crippen LogP contribution is 2.26. The molecule has 0 radical (unpaired) electrons. The summed E-state index contributed by atoms with van der Waals surface area (Å²) in [5, 5.41) is 22.6. The third-order valence-electron chi connectivity index (χ3n) is 3.09. The van der Waals surface area contributed by atoms with Crippen molar-refractivity contribution in [3.8, 4) is 0 Å². The number of hydrogen-bond acceptors (Lipinski definition) is 6. The van der Waals surface area contributed by atoms with E-state index < -0.39 is 4.92 Å². The molecule has 1 rings (SSSR count). The van der Waals surface area contributed by atoms with Crippen molar-refractivity contribution in [3.63, 3.8) is 0 Å². The smallest absolute Gasteiger partial charge is 0.312 e. The van der Waals surface area contributed by atoms with Gasteiger partial charge in [0.1, 0.15) is 0 Å². The first-order valence-electron chi connectivity index (χ1n) is 6.24. The van der Waals surface area contributed by atoms with Crippen LogP contribution >= 0.6 is 0 Å². The van der Waals surface area contributed by atoms with Crippen LogP contribution in [0, 0.1) is 16.0 Å². The number of amidine groups is 1. The maximum Gasteiger partial charge on any atom is 0.312 e. The predicted octanol–water partition coefficient (Wildman–Crippen LogP) is 1.57. The van der Waals surface area contributed by atoms with Crippen molar-refractivity contribution in [3.05, 3.63) is 27.9 Å². The zero-order chi connectivity index (χ0) is 15.3. The van der Waals surface area contributed by atoms with Gasteiger partial charge < -0.3 is 15.8 Å². The first kappa shape index (κ1) is 15.7. The first-order chi connectivity index (χ1) is 9.40. The summed E-state index contributed by atoms with van der Waals surface area (Å²) < 4.78 is 0. The lowest BCUT2D eigenvalue weighted by Gasteiger charge is -2.21. The molecule has 3 N–H and O–H groups in total. The Morgan fingerprint density at radius 2 is 2.35 bits per heavy atom. The highest BCUT2D eigenvalue weighted by molar-refractivity contribution is 5.97. The molecule has 1 aromatic rings. The maximum absolute atomic E-state index is 11.1. The Morgan fingerprint density at radius 1 is 1.70 bits per heavy atom. The van der Waals surface area contributed by atoms with Gasteiger partial charge in [0.25, 0.3) is 0 Å². The van der Waals surface area contributed by atoms with Gasteiger partial charge in [-0.25, -0.2) is 4.98 Å². The van der Waals surface area contributed by atoms with E-state index in [0.29, 0.717) is 12.5 Å². The highest BCUT2D eigenvalue weighted by Gasteiger charge is 2.21. The summed E-state index contributed by atoms with van der Waals surface area (Å²) in [6.45, 7) is 4.78. The van der Waals surface area contributed by atoms with Crippen LogP contribution in [-0.2, 0) is 0 Å². The van der Waals surface area contributed by atoms with E-state index >= 15 is 0 Å². The van der Waals surface area contributed by atoms with Gasteiger partial charge in [-0.2, -0.15) is 0 Å². The van der Waals surface area contributed by atoms with E-state index in [2.05, 4.69) is 24.0 Å². The van der Waals surface area contributed by atoms with Crippen LogP contribution in [-0.4, -0.2) is 34.5 Å². The van der Waals surface area contributed by atoms with E-state index in [1.807, 2.05) is 0 Å². The number of nitrogens with zero attached hydrogens (tertiary/aromatic N) is 4. The standard InChI is InChI=1S/C12H19N5O3/c1-4-8(2)7-16(3)12-10(17(19)20)5-9(6-14-12)11(13)15-18/h5-6,8,18H,4,7H2,1-3H3,(H2,13,15). The quantitative estimate of drug-likeness (QED) is 0.268. The Hall–Kier alpha value is -2.38. The van der Waals surface area contributed by atoms with Crippen molar-refractivity contribution in [2.24, 2.45) is 16.8 Å². The van der Waals surface area contributed by atoms with Gasteiger partial charge in [0.05, 0.1) is 4.92 Å². The molecular formula is C12H19N5O3. The van der Waals surface area contributed by atoms with Crippen molar-refractivity contribution in [1.82, 2.24) is 4.98 Å². The largest absolute Gasteiger partial charge is 0.409 e.